The molecule has 0 saturated carbocycles. The van der Waals surface area contributed by atoms with Crippen LogP contribution in [0.5, 0.6) is 0 Å². The van der Waals surface area contributed by atoms with Crippen LogP contribution in [0.4, 0.5) is 0 Å². The van der Waals surface area contributed by atoms with Gasteiger partial charge in [-0.2, -0.15) is 0 Å². The number of thiophene rings is 1. The maximum atomic E-state index is 10.5. The Morgan fingerprint density at radius 3 is 2.65 bits per heavy atom. The maximum absolute atomic E-state index is 10.5. The molecule has 1 amide bonds. The summed E-state index contributed by atoms with van der Waals surface area (Å²) in [4.78, 5) is 12.7. The van der Waals surface area contributed by atoms with Gasteiger partial charge < -0.3 is 5.73 Å². The molecule has 2 rings (SSSR count). The van der Waals surface area contributed by atoms with E-state index >= 15 is 0 Å². The van der Waals surface area contributed by atoms with Crippen LogP contribution >= 0.6 is 11.3 Å². The van der Waals surface area contributed by atoms with Crippen LogP contribution in [0.1, 0.15) is 11.3 Å². The number of nitrogens with two attached hydrogens (primary N) is 1. The topological polar surface area (TPSA) is 43.1 Å². The van der Waals surface area contributed by atoms with Gasteiger partial charge in [0.25, 0.3) is 0 Å². The van der Waals surface area contributed by atoms with Crippen molar-refractivity contribution in [2.24, 2.45) is 5.73 Å². The molecule has 17 heavy (non-hydrogen) atoms. The first-order valence-electron chi connectivity index (χ1n) is 5.18. The first-order chi connectivity index (χ1) is 8.25. The van der Waals surface area contributed by atoms with Crippen LogP contribution in [0.15, 0.2) is 42.5 Å². The van der Waals surface area contributed by atoms with E-state index in [1.54, 1.807) is 11.3 Å². The van der Waals surface area contributed by atoms with E-state index in [1.807, 2.05) is 30.3 Å². The van der Waals surface area contributed by atoms with E-state index in [2.05, 4.69) is 24.0 Å². The highest BCUT2D eigenvalue weighted by Crippen LogP contribution is 2.27. The number of hydrogen-bond donors (Lipinski definition) is 1. The summed E-state index contributed by atoms with van der Waals surface area (Å²) in [5.74, 6) is 5.29. The molecule has 0 spiro atoms. The predicted molar refractivity (Wildman–Crippen MR) is 70.4 cm³/mol. The van der Waals surface area contributed by atoms with E-state index in [-0.39, 0.29) is 6.42 Å². The lowest BCUT2D eigenvalue weighted by molar-refractivity contribution is -0.117. The summed E-state index contributed by atoms with van der Waals surface area (Å²) < 4.78 is 0. The van der Waals surface area contributed by atoms with Crippen LogP contribution in [-0.4, -0.2) is 5.91 Å². The van der Waals surface area contributed by atoms with Crippen molar-refractivity contribution < 1.29 is 4.79 Å². The smallest absolute Gasteiger partial charge is 0.229 e. The second kappa shape index (κ2) is 5.33. The van der Waals surface area contributed by atoms with E-state index < -0.39 is 5.91 Å². The minimum Gasteiger partial charge on any atom is -0.369 e. The zero-order valence-electron chi connectivity index (χ0n) is 9.14. The molecule has 0 radical (unpaired) electrons. The van der Waals surface area contributed by atoms with Crippen molar-refractivity contribution in [1.82, 2.24) is 0 Å². The molecule has 1 heterocycles. The van der Waals surface area contributed by atoms with Crippen molar-refractivity contribution in [3.63, 3.8) is 0 Å². The normalized spacial score (nSPS) is 9.41. The monoisotopic (exact) mass is 241 g/mol. The summed E-state index contributed by atoms with van der Waals surface area (Å²) in [6.45, 7) is 0. The molecule has 3 heteroatoms. The van der Waals surface area contributed by atoms with Gasteiger partial charge in [0.2, 0.25) is 5.91 Å². The number of primary amides is 1. The Kier molecular flexibility index (Phi) is 3.59. The Hall–Kier alpha value is -2.05. The average Bonchev–Trinajstić information content (AvgIpc) is 2.78. The largest absolute Gasteiger partial charge is 0.369 e. The minimum absolute atomic E-state index is 0.110. The SMILES string of the molecule is NC(=O)CC#Cc1ccc(-c2ccccc2)s1. The Balaban J connectivity index is 2.16. The summed E-state index contributed by atoms with van der Waals surface area (Å²) in [6, 6.07) is 14.1. The fourth-order valence-electron chi connectivity index (χ4n) is 1.38. The van der Waals surface area contributed by atoms with Crippen molar-refractivity contribution in [2.75, 3.05) is 0 Å². The van der Waals surface area contributed by atoms with Crippen molar-refractivity contribution in [1.29, 1.82) is 0 Å². The maximum Gasteiger partial charge on any atom is 0.229 e. The van der Waals surface area contributed by atoms with Crippen LogP contribution in [0.2, 0.25) is 0 Å². The summed E-state index contributed by atoms with van der Waals surface area (Å²) in [6.07, 6.45) is 0.110. The fourth-order valence-corrected chi connectivity index (χ4v) is 2.27. The van der Waals surface area contributed by atoms with Crippen molar-refractivity contribution in [2.45, 2.75) is 6.42 Å². The van der Waals surface area contributed by atoms with Crippen LogP contribution < -0.4 is 5.73 Å². The third-order valence-corrected chi connectivity index (χ3v) is 3.19. The Morgan fingerprint density at radius 1 is 1.18 bits per heavy atom. The number of amides is 1. The molecule has 1 aromatic carbocycles. The van der Waals surface area contributed by atoms with E-state index in [1.165, 1.54) is 10.4 Å². The van der Waals surface area contributed by atoms with Gasteiger partial charge in [0.15, 0.2) is 0 Å². The standard InChI is InChI=1S/C14H11NOS/c15-14(16)8-4-7-12-9-10-13(17-12)11-5-2-1-3-6-11/h1-3,5-6,9-10H,8H2,(H2,15,16). The van der Waals surface area contributed by atoms with Crippen molar-refractivity contribution >= 4 is 17.2 Å². The molecule has 0 fully saturated rings. The van der Waals surface area contributed by atoms with Crippen molar-refractivity contribution in [3.05, 3.63) is 47.3 Å². The molecule has 0 bridgehead atoms. The molecule has 0 atom stereocenters. The first-order valence-corrected chi connectivity index (χ1v) is 6.00. The molecule has 2 N–H and O–H groups in total. The van der Waals surface area contributed by atoms with Gasteiger partial charge in [-0.25, -0.2) is 0 Å². The fraction of sp³-hybridized carbons (Fsp3) is 0.0714. The Labute approximate surface area is 104 Å². The minimum atomic E-state index is -0.391. The zero-order valence-corrected chi connectivity index (χ0v) is 9.96. The van der Waals surface area contributed by atoms with Crippen LogP contribution in [0.3, 0.4) is 0 Å². The van der Waals surface area contributed by atoms with Gasteiger partial charge in [-0.1, -0.05) is 42.2 Å². The van der Waals surface area contributed by atoms with Gasteiger partial charge in [-0.05, 0) is 17.7 Å². The number of hydrogen-bond acceptors (Lipinski definition) is 2. The molecule has 2 aromatic rings. The average molecular weight is 241 g/mol. The number of benzene rings is 1. The Bertz CT molecular complexity index is 575. The molecular weight excluding hydrogens is 230 g/mol. The number of rotatable bonds is 2. The van der Waals surface area contributed by atoms with Gasteiger partial charge >= 0.3 is 0 Å². The summed E-state index contributed by atoms with van der Waals surface area (Å²) in [7, 11) is 0. The van der Waals surface area contributed by atoms with Gasteiger partial charge in [0, 0.05) is 4.88 Å². The summed E-state index contributed by atoms with van der Waals surface area (Å²) >= 11 is 1.61. The third-order valence-electron chi connectivity index (χ3n) is 2.14. The summed E-state index contributed by atoms with van der Waals surface area (Å²) in [5.41, 5.74) is 6.20. The lowest BCUT2D eigenvalue weighted by Crippen LogP contribution is -2.08. The molecule has 0 unspecified atom stereocenters. The molecular formula is C14H11NOS. The van der Waals surface area contributed by atoms with Gasteiger partial charge in [-0.3, -0.25) is 4.79 Å². The molecule has 0 aliphatic rings. The van der Waals surface area contributed by atoms with Gasteiger partial charge in [-0.15, -0.1) is 11.3 Å². The predicted octanol–water partition coefficient (Wildman–Crippen LogP) is 2.64. The summed E-state index contributed by atoms with van der Waals surface area (Å²) in [5, 5.41) is 0. The van der Waals surface area contributed by atoms with E-state index in [9.17, 15) is 4.79 Å². The van der Waals surface area contributed by atoms with Crippen molar-refractivity contribution in [3.8, 4) is 22.3 Å². The molecule has 0 aliphatic heterocycles. The second-order valence-corrected chi connectivity index (χ2v) is 4.56. The lowest BCUT2D eigenvalue weighted by atomic mass is 10.2. The molecule has 84 valence electrons. The van der Waals surface area contributed by atoms with Crippen LogP contribution in [0.25, 0.3) is 10.4 Å². The van der Waals surface area contributed by atoms with Crippen LogP contribution in [-0.2, 0) is 4.79 Å². The van der Waals surface area contributed by atoms with E-state index in [4.69, 9.17) is 5.73 Å². The highest BCUT2D eigenvalue weighted by Gasteiger charge is 1.99. The molecule has 0 saturated heterocycles. The quantitative estimate of drug-likeness (QED) is 0.807. The zero-order chi connectivity index (χ0) is 12.1. The number of carbonyl (C=O) groups is 1. The van der Waals surface area contributed by atoms with E-state index in [0.717, 1.165) is 4.88 Å². The molecule has 1 aromatic heterocycles. The lowest BCUT2D eigenvalue weighted by Gasteiger charge is -1.93. The number of carbonyl (C=O) groups excluding carboxylic acids is 1. The molecule has 2 nitrogen and oxygen atoms in total. The molecule has 0 aliphatic carbocycles. The van der Waals surface area contributed by atoms with Gasteiger partial charge in [0.05, 0.1) is 11.3 Å². The second-order valence-electron chi connectivity index (χ2n) is 3.47. The first kappa shape index (κ1) is 11.4. The van der Waals surface area contributed by atoms with E-state index in [0.29, 0.717) is 0 Å². The highest BCUT2D eigenvalue weighted by atomic mass is 32.1. The Morgan fingerprint density at radius 2 is 1.94 bits per heavy atom. The van der Waals surface area contributed by atoms with Gasteiger partial charge in [0.1, 0.15) is 0 Å². The third kappa shape index (κ3) is 3.20. The highest BCUT2D eigenvalue weighted by molar-refractivity contribution is 7.16. The van der Waals surface area contributed by atoms with Crippen LogP contribution in [0, 0.1) is 11.8 Å².